The van der Waals surface area contributed by atoms with E-state index in [1.54, 1.807) is 0 Å². The Morgan fingerprint density at radius 3 is 2.85 bits per heavy atom. The van der Waals surface area contributed by atoms with Gasteiger partial charge in [0.1, 0.15) is 0 Å². The van der Waals surface area contributed by atoms with Crippen molar-refractivity contribution in [2.24, 2.45) is 0 Å². The van der Waals surface area contributed by atoms with E-state index in [9.17, 15) is 4.79 Å². The van der Waals surface area contributed by atoms with Gasteiger partial charge in [0.05, 0.1) is 12.7 Å². The van der Waals surface area contributed by atoms with E-state index in [1.807, 2.05) is 24.3 Å². The molecular formula is C17H19NO2. The molecule has 3 heteroatoms. The van der Waals surface area contributed by atoms with Gasteiger partial charge in [-0.25, -0.2) is 4.79 Å². The molecule has 1 heterocycles. The van der Waals surface area contributed by atoms with Gasteiger partial charge in [-0.2, -0.15) is 0 Å². The van der Waals surface area contributed by atoms with Crippen LogP contribution < -0.4 is 0 Å². The molecule has 0 radical (unpaired) electrons. The molecule has 1 aliphatic carbocycles. The number of benzene rings is 1. The zero-order valence-corrected chi connectivity index (χ0v) is 11.7. The third-order valence-corrected chi connectivity index (χ3v) is 3.97. The minimum Gasteiger partial charge on any atom is -0.465 e. The maximum atomic E-state index is 11.8. The van der Waals surface area contributed by atoms with E-state index in [0.717, 1.165) is 18.4 Å². The lowest BCUT2D eigenvalue weighted by molar-refractivity contribution is 0.0599. The van der Waals surface area contributed by atoms with Crippen LogP contribution in [0.5, 0.6) is 0 Å². The number of aromatic nitrogens is 1. The van der Waals surface area contributed by atoms with E-state index in [0.29, 0.717) is 5.56 Å². The molecule has 1 aromatic heterocycles. The number of nitrogens with one attached hydrogen (secondary N) is 1. The second-order valence-corrected chi connectivity index (χ2v) is 5.33. The summed E-state index contributed by atoms with van der Waals surface area (Å²) in [6.45, 7) is 0. The van der Waals surface area contributed by atoms with Crippen LogP contribution in [0.25, 0.3) is 0 Å². The fourth-order valence-corrected chi connectivity index (χ4v) is 2.95. The number of carbonyl (C=O) groups excluding carboxylic acids is 1. The van der Waals surface area contributed by atoms with E-state index < -0.39 is 0 Å². The summed E-state index contributed by atoms with van der Waals surface area (Å²) in [4.78, 5) is 15.3. The predicted octanol–water partition coefficient (Wildman–Crippen LogP) is 3.27. The molecule has 1 aliphatic rings. The minimum atomic E-state index is -0.267. The Hall–Kier alpha value is -2.03. The number of aryl methyl sites for hydroxylation is 2. The van der Waals surface area contributed by atoms with Crippen molar-refractivity contribution in [2.45, 2.75) is 32.1 Å². The first-order valence-corrected chi connectivity index (χ1v) is 7.14. The molecule has 0 atom stereocenters. The standard InChI is InChI=1S/C17H19NO2/c1-20-17(19)15-8-4-2-6-12(15)10-14-11-13-7-3-5-9-16(13)18-14/h2,4,6,8,11,18H,3,5,7,9-10H2,1H3. The summed E-state index contributed by atoms with van der Waals surface area (Å²) in [6, 6.07) is 9.90. The van der Waals surface area contributed by atoms with Crippen LogP contribution in [0, 0.1) is 0 Å². The SMILES string of the molecule is COC(=O)c1ccccc1Cc1cc2c([nH]1)CCCC2. The zero-order chi connectivity index (χ0) is 13.9. The Labute approximate surface area is 119 Å². The van der Waals surface area contributed by atoms with Gasteiger partial charge in [0.2, 0.25) is 0 Å². The van der Waals surface area contributed by atoms with Gasteiger partial charge in [0.15, 0.2) is 0 Å². The predicted molar refractivity (Wildman–Crippen MR) is 78.0 cm³/mol. The average Bonchev–Trinajstić information content (AvgIpc) is 2.89. The van der Waals surface area contributed by atoms with Gasteiger partial charge in [-0.05, 0) is 48.9 Å². The lowest BCUT2D eigenvalue weighted by atomic mass is 9.98. The highest BCUT2D eigenvalue weighted by Gasteiger charge is 2.15. The molecule has 1 N–H and O–H groups in total. The van der Waals surface area contributed by atoms with E-state index in [-0.39, 0.29) is 5.97 Å². The molecule has 0 saturated heterocycles. The quantitative estimate of drug-likeness (QED) is 0.869. The van der Waals surface area contributed by atoms with Crippen molar-refractivity contribution in [1.82, 2.24) is 4.98 Å². The van der Waals surface area contributed by atoms with Gasteiger partial charge in [0, 0.05) is 17.8 Å². The summed E-state index contributed by atoms with van der Waals surface area (Å²) in [5, 5.41) is 0. The van der Waals surface area contributed by atoms with Crippen molar-refractivity contribution in [2.75, 3.05) is 7.11 Å². The summed E-state index contributed by atoms with van der Waals surface area (Å²) < 4.78 is 4.85. The van der Waals surface area contributed by atoms with Crippen LogP contribution in [0.1, 0.15) is 45.7 Å². The summed E-state index contributed by atoms with van der Waals surface area (Å²) >= 11 is 0. The molecule has 0 spiro atoms. The molecule has 104 valence electrons. The van der Waals surface area contributed by atoms with Crippen molar-refractivity contribution in [3.8, 4) is 0 Å². The molecule has 1 aromatic carbocycles. The normalized spacial score (nSPS) is 13.8. The summed E-state index contributed by atoms with van der Waals surface area (Å²) in [5.74, 6) is -0.267. The molecule has 0 amide bonds. The fourth-order valence-electron chi connectivity index (χ4n) is 2.95. The molecule has 0 unspecified atom stereocenters. The summed E-state index contributed by atoms with van der Waals surface area (Å²) in [6.07, 6.45) is 5.62. The Bertz CT molecular complexity index is 604. The zero-order valence-electron chi connectivity index (χ0n) is 11.7. The largest absolute Gasteiger partial charge is 0.465 e. The second kappa shape index (κ2) is 5.53. The van der Waals surface area contributed by atoms with Gasteiger partial charge in [-0.3, -0.25) is 0 Å². The van der Waals surface area contributed by atoms with E-state index in [4.69, 9.17) is 4.74 Å². The van der Waals surface area contributed by atoms with E-state index >= 15 is 0 Å². The highest BCUT2D eigenvalue weighted by Crippen LogP contribution is 2.23. The Kier molecular flexibility index (Phi) is 3.59. The fraction of sp³-hybridized carbons (Fsp3) is 0.353. The third-order valence-electron chi connectivity index (χ3n) is 3.97. The number of fused-ring (bicyclic) bond motifs is 1. The van der Waals surface area contributed by atoms with Crippen molar-refractivity contribution < 1.29 is 9.53 Å². The van der Waals surface area contributed by atoms with Crippen molar-refractivity contribution >= 4 is 5.97 Å². The molecule has 3 nitrogen and oxygen atoms in total. The number of esters is 1. The monoisotopic (exact) mass is 269 g/mol. The Morgan fingerprint density at radius 2 is 2.05 bits per heavy atom. The van der Waals surface area contributed by atoms with Crippen molar-refractivity contribution in [3.05, 3.63) is 58.4 Å². The smallest absolute Gasteiger partial charge is 0.338 e. The van der Waals surface area contributed by atoms with Gasteiger partial charge in [-0.15, -0.1) is 0 Å². The number of aromatic amines is 1. The first-order chi connectivity index (χ1) is 9.78. The minimum absolute atomic E-state index is 0.267. The average molecular weight is 269 g/mol. The maximum absolute atomic E-state index is 11.8. The maximum Gasteiger partial charge on any atom is 0.338 e. The van der Waals surface area contributed by atoms with Crippen LogP contribution >= 0.6 is 0 Å². The van der Waals surface area contributed by atoms with Gasteiger partial charge >= 0.3 is 5.97 Å². The Balaban J connectivity index is 1.87. The van der Waals surface area contributed by atoms with Gasteiger partial charge in [-0.1, -0.05) is 18.2 Å². The number of rotatable bonds is 3. The molecule has 2 aromatic rings. The second-order valence-electron chi connectivity index (χ2n) is 5.33. The van der Waals surface area contributed by atoms with Crippen LogP contribution in [0.15, 0.2) is 30.3 Å². The summed E-state index contributed by atoms with van der Waals surface area (Å²) in [7, 11) is 1.42. The van der Waals surface area contributed by atoms with Gasteiger partial charge in [0.25, 0.3) is 0 Å². The van der Waals surface area contributed by atoms with Crippen molar-refractivity contribution in [3.63, 3.8) is 0 Å². The molecule has 0 saturated carbocycles. The number of methoxy groups -OCH3 is 1. The molecule has 0 fully saturated rings. The van der Waals surface area contributed by atoms with E-state index in [1.165, 1.54) is 43.3 Å². The van der Waals surface area contributed by atoms with E-state index in [2.05, 4.69) is 11.1 Å². The van der Waals surface area contributed by atoms with Crippen LogP contribution in [-0.2, 0) is 24.0 Å². The first-order valence-electron chi connectivity index (χ1n) is 7.14. The van der Waals surface area contributed by atoms with Gasteiger partial charge < -0.3 is 9.72 Å². The highest BCUT2D eigenvalue weighted by molar-refractivity contribution is 5.91. The van der Waals surface area contributed by atoms with Crippen LogP contribution in [0.4, 0.5) is 0 Å². The highest BCUT2D eigenvalue weighted by atomic mass is 16.5. The number of H-pyrrole nitrogens is 1. The topological polar surface area (TPSA) is 42.1 Å². The number of ether oxygens (including phenoxy) is 1. The lowest BCUT2D eigenvalue weighted by Crippen LogP contribution is -2.06. The van der Waals surface area contributed by atoms with Crippen LogP contribution in [-0.4, -0.2) is 18.1 Å². The van der Waals surface area contributed by atoms with Crippen LogP contribution in [0.3, 0.4) is 0 Å². The Morgan fingerprint density at radius 1 is 1.25 bits per heavy atom. The third kappa shape index (κ3) is 2.48. The molecular weight excluding hydrogens is 250 g/mol. The molecule has 3 rings (SSSR count). The molecule has 0 aliphatic heterocycles. The van der Waals surface area contributed by atoms with Crippen LogP contribution in [0.2, 0.25) is 0 Å². The molecule has 0 bridgehead atoms. The molecule has 20 heavy (non-hydrogen) atoms. The summed E-state index contributed by atoms with van der Waals surface area (Å²) in [5.41, 5.74) is 5.68. The lowest BCUT2D eigenvalue weighted by Gasteiger charge is -2.09. The number of hydrogen-bond acceptors (Lipinski definition) is 2. The first kappa shape index (κ1) is 13.0. The number of hydrogen-bond donors (Lipinski definition) is 1. The van der Waals surface area contributed by atoms with Crippen molar-refractivity contribution in [1.29, 1.82) is 0 Å². The number of carbonyl (C=O) groups is 1.